The first-order chi connectivity index (χ1) is 12.3. The standard InChI is InChI=1S/C24H22O/c1-17-11-13-18(14-12-17)19-7-3-4-8-20(19)22-15-16-24(25-2)23-10-6-5-9-21(22)23/h3,5-7,9-16H,4,8H2,1-2H3. The number of benzene rings is 3. The van der Waals surface area contributed by atoms with Crippen molar-refractivity contribution in [2.45, 2.75) is 19.8 Å². The summed E-state index contributed by atoms with van der Waals surface area (Å²) in [5.41, 5.74) is 6.65. The summed E-state index contributed by atoms with van der Waals surface area (Å²) in [4.78, 5) is 0. The van der Waals surface area contributed by atoms with Crippen LogP contribution in [-0.4, -0.2) is 7.11 Å². The first-order valence-electron chi connectivity index (χ1n) is 8.81. The quantitative estimate of drug-likeness (QED) is 0.540. The second-order valence-electron chi connectivity index (χ2n) is 6.56. The maximum Gasteiger partial charge on any atom is 0.126 e. The smallest absolute Gasteiger partial charge is 0.126 e. The van der Waals surface area contributed by atoms with E-state index in [9.17, 15) is 0 Å². The molecule has 0 spiro atoms. The van der Waals surface area contributed by atoms with E-state index in [1.54, 1.807) is 7.11 Å². The van der Waals surface area contributed by atoms with Crippen LogP contribution in [-0.2, 0) is 0 Å². The van der Waals surface area contributed by atoms with Crippen molar-refractivity contribution >= 4 is 21.9 Å². The molecule has 0 bridgehead atoms. The number of hydrogen-bond acceptors (Lipinski definition) is 1. The van der Waals surface area contributed by atoms with Crippen LogP contribution < -0.4 is 4.74 Å². The average molecular weight is 326 g/mol. The van der Waals surface area contributed by atoms with Crippen molar-refractivity contribution in [1.82, 2.24) is 0 Å². The number of hydrogen-bond donors (Lipinski definition) is 0. The van der Waals surface area contributed by atoms with Gasteiger partial charge in [-0.3, -0.25) is 0 Å². The molecule has 4 rings (SSSR count). The van der Waals surface area contributed by atoms with Crippen molar-refractivity contribution < 1.29 is 4.74 Å². The fraction of sp³-hybridized carbons (Fsp3) is 0.167. The van der Waals surface area contributed by atoms with Gasteiger partial charge < -0.3 is 4.74 Å². The summed E-state index contributed by atoms with van der Waals surface area (Å²) in [6.07, 6.45) is 6.72. The maximum atomic E-state index is 5.56. The molecule has 0 radical (unpaired) electrons. The number of fused-ring (bicyclic) bond motifs is 1. The van der Waals surface area contributed by atoms with Gasteiger partial charge in [0.15, 0.2) is 0 Å². The second-order valence-corrected chi connectivity index (χ2v) is 6.56. The number of rotatable bonds is 3. The highest BCUT2D eigenvalue weighted by Gasteiger charge is 2.16. The largest absolute Gasteiger partial charge is 0.496 e. The van der Waals surface area contributed by atoms with Crippen molar-refractivity contribution in [3.05, 3.63) is 89.5 Å². The lowest BCUT2D eigenvalue weighted by atomic mass is 9.85. The second kappa shape index (κ2) is 6.60. The molecular weight excluding hydrogens is 304 g/mol. The highest BCUT2D eigenvalue weighted by atomic mass is 16.5. The van der Waals surface area contributed by atoms with Crippen LogP contribution in [0.15, 0.2) is 72.8 Å². The van der Waals surface area contributed by atoms with E-state index in [1.807, 2.05) is 0 Å². The molecule has 124 valence electrons. The van der Waals surface area contributed by atoms with Gasteiger partial charge in [0.1, 0.15) is 5.75 Å². The Morgan fingerprint density at radius 1 is 0.840 bits per heavy atom. The Morgan fingerprint density at radius 2 is 1.60 bits per heavy atom. The number of methoxy groups -OCH3 is 1. The zero-order chi connectivity index (χ0) is 17.2. The highest BCUT2D eigenvalue weighted by molar-refractivity contribution is 6.05. The molecule has 3 aromatic carbocycles. The Hall–Kier alpha value is -2.80. The summed E-state index contributed by atoms with van der Waals surface area (Å²) in [7, 11) is 1.74. The third-order valence-electron chi connectivity index (χ3n) is 4.96. The lowest BCUT2D eigenvalue weighted by molar-refractivity contribution is 0.420. The Morgan fingerprint density at radius 3 is 2.36 bits per heavy atom. The van der Waals surface area contributed by atoms with Gasteiger partial charge in [-0.2, -0.15) is 0 Å². The Bertz CT molecular complexity index is 975. The Labute approximate surface area is 149 Å². The van der Waals surface area contributed by atoms with Gasteiger partial charge in [-0.25, -0.2) is 0 Å². The summed E-state index contributed by atoms with van der Waals surface area (Å²) in [6.45, 7) is 2.13. The highest BCUT2D eigenvalue weighted by Crippen LogP contribution is 2.39. The van der Waals surface area contributed by atoms with Gasteiger partial charge in [-0.05, 0) is 53.5 Å². The molecule has 1 nitrogen and oxygen atoms in total. The van der Waals surface area contributed by atoms with E-state index < -0.39 is 0 Å². The van der Waals surface area contributed by atoms with Gasteiger partial charge in [0.2, 0.25) is 0 Å². The topological polar surface area (TPSA) is 9.23 Å². The van der Waals surface area contributed by atoms with Crippen molar-refractivity contribution in [3.63, 3.8) is 0 Å². The Balaban J connectivity index is 1.96. The van der Waals surface area contributed by atoms with E-state index in [2.05, 4.69) is 79.7 Å². The van der Waals surface area contributed by atoms with Gasteiger partial charge >= 0.3 is 0 Å². The van der Waals surface area contributed by atoms with Crippen LogP contribution in [0.3, 0.4) is 0 Å². The molecule has 1 aliphatic rings. The van der Waals surface area contributed by atoms with Crippen LogP contribution in [0.1, 0.15) is 29.5 Å². The molecule has 0 saturated heterocycles. The molecule has 1 heteroatoms. The van der Waals surface area contributed by atoms with Crippen LogP contribution in [0.4, 0.5) is 0 Å². The molecule has 25 heavy (non-hydrogen) atoms. The fourth-order valence-electron chi connectivity index (χ4n) is 3.66. The van der Waals surface area contributed by atoms with Crippen molar-refractivity contribution in [3.8, 4) is 5.75 Å². The lowest BCUT2D eigenvalue weighted by Gasteiger charge is -2.19. The molecule has 0 fully saturated rings. The molecule has 1 aliphatic carbocycles. The molecule has 0 aliphatic heterocycles. The van der Waals surface area contributed by atoms with E-state index in [0.29, 0.717) is 0 Å². The molecular formula is C24H22O. The predicted molar refractivity (Wildman–Crippen MR) is 107 cm³/mol. The van der Waals surface area contributed by atoms with Crippen molar-refractivity contribution in [2.24, 2.45) is 0 Å². The van der Waals surface area contributed by atoms with Crippen LogP contribution in [0.2, 0.25) is 0 Å². The third-order valence-corrected chi connectivity index (χ3v) is 4.96. The van der Waals surface area contributed by atoms with Gasteiger partial charge in [-0.1, -0.05) is 72.3 Å². The van der Waals surface area contributed by atoms with E-state index >= 15 is 0 Å². The monoisotopic (exact) mass is 326 g/mol. The van der Waals surface area contributed by atoms with Gasteiger partial charge in [-0.15, -0.1) is 0 Å². The predicted octanol–water partition coefficient (Wildman–Crippen LogP) is 6.42. The molecule has 3 aromatic rings. The number of ether oxygens (including phenoxy) is 1. The van der Waals surface area contributed by atoms with E-state index in [4.69, 9.17) is 4.74 Å². The fourth-order valence-corrected chi connectivity index (χ4v) is 3.66. The molecule has 0 amide bonds. The minimum Gasteiger partial charge on any atom is -0.496 e. The minimum absolute atomic E-state index is 0.934. The molecule has 0 unspecified atom stereocenters. The molecule has 0 atom stereocenters. The molecule has 0 aromatic heterocycles. The molecule has 0 saturated carbocycles. The summed E-state index contributed by atoms with van der Waals surface area (Å²) >= 11 is 0. The van der Waals surface area contributed by atoms with Crippen LogP contribution in [0.25, 0.3) is 21.9 Å². The van der Waals surface area contributed by atoms with E-state index in [0.717, 1.165) is 18.6 Å². The lowest BCUT2D eigenvalue weighted by Crippen LogP contribution is -1.97. The van der Waals surface area contributed by atoms with Gasteiger partial charge in [0, 0.05) is 5.39 Å². The first kappa shape index (κ1) is 15.7. The zero-order valence-electron chi connectivity index (χ0n) is 14.8. The molecule has 0 N–H and O–H groups in total. The SMILES string of the molecule is COc1ccc(C2=C(c3ccc(C)cc3)C=CCC2)c2ccccc12. The van der Waals surface area contributed by atoms with Crippen molar-refractivity contribution in [2.75, 3.05) is 7.11 Å². The normalized spacial score (nSPS) is 14.2. The maximum absolute atomic E-state index is 5.56. The van der Waals surface area contributed by atoms with E-state index in [-0.39, 0.29) is 0 Å². The average Bonchev–Trinajstić information content (AvgIpc) is 2.68. The van der Waals surface area contributed by atoms with Crippen LogP contribution >= 0.6 is 0 Å². The van der Waals surface area contributed by atoms with Gasteiger partial charge in [0.25, 0.3) is 0 Å². The molecule has 0 heterocycles. The van der Waals surface area contributed by atoms with Crippen molar-refractivity contribution in [1.29, 1.82) is 0 Å². The number of aryl methyl sites for hydroxylation is 1. The summed E-state index contributed by atoms with van der Waals surface area (Å²) in [5, 5.41) is 2.43. The van der Waals surface area contributed by atoms with E-state index in [1.165, 1.54) is 38.6 Å². The third kappa shape index (κ3) is 2.87. The number of allylic oxidation sites excluding steroid dienone is 4. The summed E-state index contributed by atoms with van der Waals surface area (Å²) < 4.78 is 5.56. The zero-order valence-corrected chi connectivity index (χ0v) is 14.8. The van der Waals surface area contributed by atoms with Gasteiger partial charge in [0.05, 0.1) is 7.11 Å². The van der Waals surface area contributed by atoms with Crippen LogP contribution in [0, 0.1) is 6.92 Å². The first-order valence-corrected chi connectivity index (χ1v) is 8.81. The van der Waals surface area contributed by atoms with Crippen LogP contribution in [0.5, 0.6) is 5.75 Å². The summed E-state index contributed by atoms with van der Waals surface area (Å²) in [5.74, 6) is 0.934. The summed E-state index contributed by atoms with van der Waals surface area (Å²) in [6, 6.07) is 21.7. The Kier molecular flexibility index (Phi) is 4.15. The minimum atomic E-state index is 0.934.